The van der Waals surface area contributed by atoms with Crippen molar-refractivity contribution in [3.05, 3.63) is 16.6 Å². The van der Waals surface area contributed by atoms with E-state index in [2.05, 4.69) is 14.9 Å². The zero-order chi connectivity index (χ0) is 11.4. The fourth-order valence-corrected chi connectivity index (χ4v) is 0.785. The van der Waals surface area contributed by atoms with Crippen molar-refractivity contribution in [3.63, 3.8) is 0 Å². The molecule has 1 aromatic heterocycles. The lowest BCUT2D eigenvalue weighted by Gasteiger charge is -2.24. The number of aliphatic hydroxyl groups excluding tert-OH is 1. The molecule has 9 heteroatoms. The number of rotatable bonds is 4. The van der Waals surface area contributed by atoms with Crippen LogP contribution in [0.5, 0.6) is 0 Å². The summed E-state index contributed by atoms with van der Waals surface area (Å²) in [5.41, 5.74) is -0.708. The average molecular weight is 216 g/mol. The Morgan fingerprint density at radius 3 is 2.67 bits per heavy atom. The molecule has 0 spiro atoms. The van der Waals surface area contributed by atoms with Gasteiger partial charge in [-0.25, -0.2) is 4.63 Å². The molecule has 1 rings (SSSR count). The molecule has 0 saturated carbocycles. The molecule has 1 heterocycles. The van der Waals surface area contributed by atoms with Crippen LogP contribution in [0.1, 0.15) is 16.2 Å². The number of hydrogen-bond acceptors (Lipinski definition) is 7. The topological polar surface area (TPSA) is 140 Å². The Labute approximate surface area is 82.4 Å². The van der Waals surface area contributed by atoms with Crippen LogP contribution in [0.3, 0.4) is 0 Å². The minimum atomic E-state index is -1.46. The summed E-state index contributed by atoms with van der Waals surface area (Å²) in [6.45, 7) is -1.65. The van der Waals surface area contributed by atoms with Gasteiger partial charge in [-0.15, -0.1) is 0 Å². The van der Waals surface area contributed by atoms with Gasteiger partial charge in [0.25, 0.3) is 5.91 Å². The normalized spacial score (nSPS) is 10.0. The van der Waals surface area contributed by atoms with Crippen LogP contribution in [0.25, 0.3) is 0 Å². The molecule has 1 amide bonds. The number of aliphatic hydroxyl groups is 1. The van der Waals surface area contributed by atoms with Gasteiger partial charge in [0.05, 0.1) is 6.61 Å². The molecule has 1 aromatic rings. The molecule has 2 N–H and O–H groups in total. The lowest BCUT2D eigenvalue weighted by molar-refractivity contribution is -0.137. The Bertz CT molecular complexity index is 375. The fraction of sp³-hybridized carbons (Fsp3) is 0.333. The number of carbonyl (C=O) groups is 2. The molecule has 0 radical (unpaired) electrons. The van der Waals surface area contributed by atoms with Gasteiger partial charge in [0.15, 0.2) is 5.69 Å². The first-order valence-corrected chi connectivity index (χ1v) is 3.69. The number of nitrogens with zero attached hydrogens (tertiary/aromatic N) is 3. The number of aliphatic carboxylic acids is 1. The maximum atomic E-state index is 11.2. The predicted octanol–water partition coefficient (Wildman–Crippen LogP) is -1.41. The third-order valence-electron chi connectivity index (χ3n) is 1.41. The van der Waals surface area contributed by atoms with Gasteiger partial charge < -0.3 is 20.5 Å². The quantitative estimate of drug-likeness (QED) is 0.584. The Balaban J connectivity index is 2.80. The molecule has 0 bridgehead atoms. The first-order valence-electron chi connectivity index (χ1n) is 3.69. The summed E-state index contributed by atoms with van der Waals surface area (Å²) in [4.78, 5) is 21.3. The summed E-state index contributed by atoms with van der Waals surface area (Å²) in [7, 11) is 0. The number of carboxylic acid groups (broad SMARTS) is 1. The first kappa shape index (κ1) is 11.1. The molecule has 0 aliphatic carbocycles. The van der Waals surface area contributed by atoms with Crippen LogP contribution in [-0.4, -0.2) is 44.0 Å². The smallest absolute Gasteiger partial charge is 0.322 e. The second kappa shape index (κ2) is 4.48. The van der Waals surface area contributed by atoms with Crippen LogP contribution in [-0.2, 0) is 11.4 Å². The Kier molecular flexibility index (Phi) is 3.31. The number of amides is 1. The van der Waals surface area contributed by atoms with E-state index in [1.54, 1.807) is 0 Å². The van der Waals surface area contributed by atoms with Gasteiger partial charge in [-0.1, -0.05) is 5.16 Å². The molecule has 0 aromatic carbocycles. The van der Waals surface area contributed by atoms with Crippen molar-refractivity contribution in [2.24, 2.45) is 0 Å². The van der Waals surface area contributed by atoms with Crippen LogP contribution in [0.2, 0.25) is 0 Å². The Morgan fingerprint density at radius 1 is 1.47 bits per heavy atom. The van der Waals surface area contributed by atoms with Crippen molar-refractivity contribution in [1.82, 2.24) is 15.4 Å². The van der Waals surface area contributed by atoms with Crippen LogP contribution in [0, 0.1) is 5.21 Å². The van der Waals surface area contributed by atoms with Gasteiger partial charge in [-0.05, 0) is 5.16 Å². The van der Waals surface area contributed by atoms with E-state index in [-0.39, 0.29) is 10.8 Å². The first-order chi connectivity index (χ1) is 7.06. The van der Waals surface area contributed by atoms with E-state index < -0.39 is 30.7 Å². The van der Waals surface area contributed by atoms with Gasteiger partial charge in [0.1, 0.15) is 12.2 Å². The predicted molar refractivity (Wildman–Crippen MR) is 42.3 cm³/mol. The van der Waals surface area contributed by atoms with Gasteiger partial charge in [0, 0.05) is 0 Å². The molecule has 0 aliphatic heterocycles. The monoisotopic (exact) mass is 216 g/mol. The van der Waals surface area contributed by atoms with Crippen molar-refractivity contribution in [1.29, 1.82) is 0 Å². The lowest BCUT2D eigenvalue weighted by atomic mass is 10.3. The average Bonchev–Trinajstić information content (AvgIpc) is 2.62. The van der Waals surface area contributed by atoms with E-state index in [0.717, 1.165) is 0 Å². The van der Waals surface area contributed by atoms with E-state index in [1.165, 1.54) is 0 Å². The largest absolute Gasteiger partial charge is 0.756 e. The highest BCUT2D eigenvalue weighted by molar-refractivity contribution is 5.95. The van der Waals surface area contributed by atoms with Crippen LogP contribution in [0.4, 0.5) is 0 Å². The van der Waals surface area contributed by atoms with Crippen LogP contribution in [0.15, 0.2) is 4.63 Å². The van der Waals surface area contributed by atoms with Crippen molar-refractivity contribution >= 4 is 11.9 Å². The number of aromatic nitrogens is 2. The molecular weight excluding hydrogens is 210 g/mol. The van der Waals surface area contributed by atoms with E-state index in [4.69, 9.17) is 10.2 Å². The number of hydrogen-bond donors (Lipinski definition) is 2. The summed E-state index contributed by atoms with van der Waals surface area (Å²) in [6.07, 6.45) is 0. The maximum Gasteiger partial charge on any atom is 0.322 e. The van der Waals surface area contributed by atoms with Crippen molar-refractivity contribution in [3.8, 4) is 0 Å². The number of carboxylic acids is 1. The van der Waals surface area contributed by atoms with E-state index in [1.807, 2.05) is 0 Å². The molecule has 15 heavy (non-hydrogen) atoms. The Hall–Kier alpha value is -2.00. The van der Waals surface area contributed by atoms with E-state index in [9.17, 15) is 14.8 Å². The van der Waals surface area contributed by atoms with Gasteiger partial charge >= 0.3 is 5.97 Å². The minimum Gasteiger partial charge on any atom is -0.756 e. The molecule has 0 unspecified atom stereocenters. The molecule has 0 aliphatic rings. The minimum absolute atomic E-state index is 0.216. The molecule has 9 nitrogen and oxygen atoms in total. The summed E-state index contributed by atoms with van der Waals surface area (Å²) >= 11 is 0. The fourth-order valence-electron chi connectivity index (χ4n) is 0.785. The highest BCUT2D eigenvalue weighted by Gasteiger charge is 2.19. The van der Waals surface area contributed by atoms with Gasteiger partial charge in [-0.2, -0.15) is 0 Å². The summed E-state index contributed by atoms with van der Waals surface area (Å²) < 4.78 is 4.12. The molecule has 0 saturated heterocycles. The van der Waals surface area contributed by atoms with Crippen LogP contribution < -0.4 is 0 Å². The molecule has 0 fully saturated rings. The van der Waals surface area contributed by atoms with E-state index >= 15 is 0 Å². The highest BCUT2D eigenvalue weighted by Crippen LogP contribution is 2.06. The van der Waals surface area contributed by atoms with Gasteiger partial charge in [-0.3, -0.25) is 9.59 Å². The highest BCUT2D eigenvalue weighted by atomic mass is 16.6. The number of carbonyl (C=O) groups excluding carboxylic acids is 1. The second-order valence-corrected chi connectivity index (χ2v) is 2.45. The van der Waals surface area contributed by atoms with Gasteiger partial charge in [0.2, 0.25) is 0 Å². The SMILES string of the molecule is O=C(O)CN([O-])C(=O)c1nonc1CO. The third kappa shape index (κ3) is 2.48. The Morgan fingerprint density at radius 2 is 2.13 bits per heavy atom. The standard InChI is InChI=1S/C6H6N3O6/c10-2-3-5(8-15-7-3)6(13)9(14)1-4(11)12/h10H,1-2H2,(H,11,12)/q-1. The zero-order valence-corrected chi connectivity index (χ0v) is 7.28. The maximum absolute atomic E-state index is 11.2. The summed E-state index contributed by atoms with van der Waals surface area (Å²) in [6, 6.07) is 0. The molecule has 82 valence electrons. The van der Waals surface area contributed by atoms with Crippen molar-refractivity contribution in [2.75, 3.05) is 6.54 Å². The van der Waals surface area contributed by atoms with E-state index in [0.29, 0.717) is 0 Å². The lowest BCUT2D eigenvalue weighted by Crippen LogP contribution is -2.31. The van der Waals surface area contributed by atoms with Crippen molar-refractivity contribution < 1.29 is 24.4 Å². The van der Waals surface area contributed by atoms with Crippen LogP contribution >= 0.6 is 0 Å². The zero-order valence-electron chi connectivity index (χ0n) is 7.28. The summed E-state index contributed by atoms with van der Waals surface area (Å²) in [5, 5.41) is 33.8. The molecular formula is C6H6N3O6-. The molecule has 0 atom stereocenters. The summed E-state index contributed by atoms with van der Waals surface area (Å²) in [5.74, 6) is -2.68. The third-order valence-corrected chi connectivity index (χ3v) is 1.41. The second-order valence-electron chi connectivity index (χ2n) is 2.45. The number of hydroxylamine groups is 2. The van der Waals surface area contributed by atoms with Crippen molar-refractivity contribution in [2.45, 2.75) is 6.61 Å².